The van der Waals surface area contributed by atoms with Crippen LogP contribution in [0.1, 0.15) is 16.1 Å². The molecule has 1 amide bonds. The Kier molecular flexibility index (Phi) is 1.82. The lowest BCUT2D eigenvalue weighted by molar-refractivity contribution is 0.0908. The largest absolute Gasteiger partial charge is 0.351 e. The number of carbonyl (C=O) groups excluding carboxylic acids is 1. The first kappa shape index (κ1) is 8.91. The summed E-state index contributed by atoms with van der Waals surface area (Å²) in [6.07, 6.45) is 1.56. The topological polar surface area (TPSA) is 67.2 Å². The number of hydrogen-bond donors (Lipinski definition) is 2. The normalized spacial score (nSPS) is 32.5. The predicted octanol–water partition coefficient (Wildman–Crippen LogP) is -0.0694. The Hall–Kier alpha value is -1.36. The second kappa shape index (κ2) is 3.06. The minimum Gasteiger partial charge on any atom is -0.351 e. The molecule has 2 atom stereocenters. The monoisotopic (exact) mass is 207 g/mol. The summed E-state index contributed by atoms with van der Waals surface area (Å²) >= 11 is 0. The van der Waals surface area contributed by atoms with Gasteiger partial charge in [-0.15, -0.1) is 0 Å². The first-order chi connectivity index (χ1) is 7.27. The summed E-state index contributed by atoms with van der Waals surface area (Å²) in [7, 11) is 0. The van der Waals surface area contributed by atoms with E-state index in [0.717, 1.165) is 18.7 Å². The standard InChI is InChI=1S/C10H13N3O2/c1-5-2-12-15-9(5)10(14)13-8-6-3-11-4-7(6)8/h2,6-8,11H,3-4H2,1H3,(H,13,14). The molecular formula is C10H13N3O2. The SMILES string of the molecule is Cc1cnoc1C(=O)NC1C2CNCC21. The number of nitrogens with zero attached hydrogens (tertiary/aromatic N) is 1. The van der Waals surface area contributed by atoms with Crippen LogP contribution in [-0.2, 0) is 0 Å². The van der Waals surface area contributed by atoms with Crippen molar-refractivity contribution in [2.24, 2.45) is 11.8 Å². The van der Waals surface area contributed by atoms with Gasteiger partial charge in [-0.3, -0.25) is 4.79 Å². The van der Waals surface area contributed by atoms with Gasteiger partial charge in [0.1, 0.15) is 0 Å². The molecule has 80 valence electrons. The number of aryl methyl sites for hydroxylation is 1. The zero-order chi connectivity index (χ0) is 10.4. The molecule has 15 heavy (non-hydrogen) atoms. The van der Waals surface area contributed by atoms with Crippen molar-refractivity contribution in [2.75, 3.05) is 13.1 Å². The van der Waals surface area contributed by atoms with E-state index in [1.165, 1.54) is 0 Å². The number of hydrogen-bond acceptors (Lipinski definition) is 4. The van der Waals surface area contributed by atoms with Gasteiger partial charge in [0.2, 0.25) is 5.76 Å². The third-order valence-electron chi connectivity index (χ3n) is 3.34. The smallest absolute Gasteiger partial charge is 0.290 e. The van der Waals surface area contributed by atoms with Crippen molar-refractivity contribution >= 4 is 5.91 Å². The van der Waals surface area contributed by atoms with Crippen LogP contribution in [0.25, 0.3) is 0 Å². The first-order valence-corrected chi connectivity index (χ1v) is 5.20. The quantitative estimate of drug-likeness (QED) is 0.712. The molecule has 1 saturated carbocycles. The zero-order valence-electron chi connectivity index (χ0n) is 8.49. The van der Waals surface area contributed by atoms with Gasteiger partial charge in [-0.1, -0.05) is 5.16 Å². The van der Waals surface area contributed by atoms with E-state index in [9.17, 15) is 4.79 Å². The van der Waals surface area contributed by atoms with Crippen molar-refractivity contribution in [3.8, 4) is 0 Å². The number of aromatic nitrogens is 1. The average molecular weight is 207 g/mol. The van der Waals surface area contributed by atoms with Crippen LogP contribution in [0.5, 0.6) is 0 Å². The van der Waals surface area contributed by atoms with Crippen molar-refractivity contribution in [2.45, 2.75) is 13.0 Å². The highest BCUT2D eigenvalue weighted by molar-refractivity contribution is 5.93. The van der Waals surface area contributed by atoms with Crippen molar-refractivity contribution in [3.63, 3.8) is 0 Å². The molecule has 0 bridgehead atoms. The first-order valence-electron chi connectivity index (χ1n) is 5.20. The van der Waals surface area contributed by atoms with Crippen LogP contribution < -0.4 is 10.6 Å². The Labute approximate surface area is 87.2 Å². The molecule has 3 rings (SSSR count). The van der Waals surface area contributed by atoms with Gasteiger partial charge in [-0.25, -0.2) is 0 Å². The highest BCUT2D eigenvalue weighted by Gasteiger charge is 2.53. The van der Waals surface area contributed by atoms with E-state index in [2.05, 4.69) is 15.8 Å². The summed E-state index contributed by atoms with van der Waals surface area (Å²) < 4.78 is 4.90. The molecule has 1 aromatic heterocycles. The minimum absolute atomic E-state index is 0.135. The summed E-state index contributed by atoms with van der Waals surface area (Å²) in [5, 5.41) is 9.86. The third kappa shape index (κ3) is 1.34. The fourth-order valence-corrected chi connectivity index (χ4v) is 2.36. The zero-order valence-corrected chi connectivity index (χ0v) is 8.49. The van der Waals surface area contributed by atoms with Crippen LogP contribution in [0.15, 0.2) is 10.7 Å². The Morgan fingerprint density at radius 1 is 1.60 bits per heavy atom. The number of carbonyl (C=O) groups is 1. The van der Waals surface area contributed by atoms with E-state index < -0.39 is 0 Å². The molecule has 1 aromatic rings. The van der Waals surface area contributed by atoms with E-state index in [1.807, 2.05) is 6.92 Å². The summed E-state index contributed by atoms with van der Waals surface area (Å²) in [6.45, 7) is 3.86. The van der Waals surface area contributed by atoms with E-state index in [4.69, 9.17) is 4.52 Å². The van der Waals surface area contributed by atoms with Gasteiger partial charge < -0.3 is 15.2 Å². The number of piperidine rings is 1. The fourth-order valence-electron chi connectivity index (χ4n) is 2.36. The number of amides is 1. The molecule has 2 unspecified atom stereocenters. The van der Waals surface area contributed by atoms with Gasteiger partial charge in [0, 0.05) is 24.7 Å². The minimum atomic E-state index is -0.135. The lowest BCUT2D eigenvalue weighted by Gasteiger charge is -2.05. The number of fused-ring (bicyclic) bond motifs is 1. The average Bonchev–Trinajstić information content (AvgIpc) is 2.66. The molecule has 2 heterocycles. The van der Waals surface area contributed by atoms with Crippen LogP contribution in [-0.4, -0.2) is 30.2 Å². The maximum absolute atomic E-state index is 11.7. The molecule has 5 heteroatoms. The lowest BCUT2D eigenvalue weighted by atomic mass is 10.3. The van der Waals surface area contributed by atoms with Gasteiger partial charge in [-0.05, 0) is 18.8 Å². The van der Waals surface area contributed by atoms with Gasteiger partial charge in [0.15, 0.2) is 0 Å². The maximum Gasteiger partial charge on any atom is 0.290 e. The van der Waals surface area contributed by atoms with Crippen LogP contribution in [0.4, 0.5) is 0 Å². The Morgan fingerprint density at radius 2 is 2.33 bits per heavy atom. The van der Waals surface area contributed by atoms with Crippen molar-refractivity contribution in [1.29, 1.82) is 0 Å². The molecule has 0 spiro atoms. The highest BCUT2D eigenvalue weighted by Crippen LogP contribution is 2.41. The maximum atomic E-state index is 11.7. The summed E-state index contributed by atoms with van der Waals surface area (Å²) in [5.41, 5.74) is 0.788. The van der Waals surface area contributed by atoms with E-state index in [1.54, 1.807) is 6.20 Å². The molecule has 1 aliphatic carbocycles. The highest BCUT2D eigenvalue weighted by atomic mass is 16.5. The summed E-state index contributed by atoms with van der Waals surface area (Å²) in [5.74, 6) is 1.45. The third-order valence-corrected chi connectivity index (χ3v) is 3.34. The summed E-state index contributed by atoms with van der Waals surface area (Å²) in [6, 6.07) is 0.336. The van der Waals surface area contributed by atoms with Crippen LogP contribution >= 0.6 is 0 Å². The van der Waals surface area contributed by atoms with Gasteiger partial charge in [-0.2, -0.15) is 0 Å². The Bertz CT molecular complexity index is 391. The lowest BCUT2D eigenvalue weighted by Crippen LogP contribution is -2.32. The fraction of sp³-hybridized carbons (Fsp3) is 0.600. The van der Waals surface area contributed by atoms with Gasteiger partial charge in [0.25, 0.3) is 5.91 Å². The van der Waals surface area contributed by atoms with Crippen molar-refractivity contribution < 1.29 is 9.32 Å². The predicted molar refractivity (Wildman–Crippen MR) is 52.3 cm³/mol. The van der Waals surface area contributed by atoms with E-state index in [0.29, 0.717) is 23.6 Å². The molecule has 0 aromatic carbocycles. The molecule has 2 fully saturated rings. The molecule has 2 aliphatic rings. The number of rotatable bonds is 2. The second-order valence-electron chi connectivity index (χ2n) is 4.32. The van der Waals surface area contributed by atoms with Crippen molar-refractivity contribution in [1.82, 2.24) is 15.8 Å². The van der Waals surface area contributed by atoms with Gasteiger partial charge >= 0.3 is 0 Å². The molecular weight excluding hydrogens is 194 g/mol. The van der Waals surface area contributed by atoms with Crippen LogP contribution in [0, 0.1) is 18.8 Å². The number of nitrogens with one attached hydrogen (secondary N) is 2. The van der Waals surface area contributed by atoms with Crippen molar-refractivity contribution in [3.05, 3.63) is 17.5 Å². The summed E-state index contributed by atoms with van der Waals surface area (Å²) in [4.78, 5) is 11.7. The van der Waals surface area contributed by atoms with Crippen LogP contribution in [0.3, 0.4) is 0 Å². The Balaban J connectivity index is 1.65. The molecule has 5 nitrogen and oxygen atoms in total. The molecule has 2 N–H and O–H groups in total. The second-order valence-corrected chi connectivity index (χ2v) is 4.32. The van der Waals surface area contributed by atoms with E-state index in [-0.39, 0.29) is 5.91 Å². The Morgan fingerprint density at radius 3 is 2.93 bits per heavy atom. The molecule has 1 saturated heterocycles. The van der Waals surface area contributed by atoms with Gasteiger partial charge in [0.05, 0.1) is 6.20 Å². The van der Waals surface area contributed by atoms with Crippen LogP contribution in [0.2, 0.25) is 0 Å². The molecule has 1 aliphatic heterocycles. The van der Waals surface area contributed by atoms with E-state index >= 15 is 0 Å². The molecule has 0 radical (unpaired) electrons.